The molecule has 0 aromatic heterocycles. The standard InChI is InChI=1S/C27H31N3O4S/c1-17-12-21(20-4-3-5-22(13-20)35(2,33)34)8-9-23(17)24-28-27(10-11-27)26(32)30(24)16-18-14-29(15-18)25(31)19-6-7-19/h3-5,9,12-13,18-19,21H,6-8,10-11,14-16H2,1-2H3. The van der Waals surface area contributed by atoms with Crippen molar-refractivity contribution < 1.29 is 18.0 Å². The zero-order valence-electron chi connectivity index (χ0n) is 20.2. The average molecular weight is 494 g/mol. The van der Waals surface area contributed by atoms with Crippen LogP contribution in [0.15, 0.2) is 57.5 Å². The Morgan fingerprint density at radius 2 is 1.94 bits per heavy atom. The van der Waals surface area contributed by atoms with E-state index in [1.165, 1.54) is 6.26 Å². The molecule has 1 unspecified atom stereocenters. The molecule has 8 heteroatoms. The van der Waals surface area contributed by atoms with Crippen molar-refractivity contribution in [1.82, 2.24) is 9.80 Å². The van der Waals surface area contributed by atoms with E-state index >= 15 is 0 Å². The molecular formula is C27H31N3O4S. The summed E-state index contributed by atoms with van der Waals surface area (Å²) < 4.78 is 24.0. The lowest BCUT2D eigenvalue weighted by Gasteiger charge is -2.41. The highest BCUT2D eigenvalue weighted by Crippen LogP contribution is 2.47. The SMILES string of the molecule is CC1=CC(c2cccc(S(C)(=O)=O)c2)CC=C1C1=NC2(CC2)C(=O)N1CC1CN(C(=O)C2CC2)C1. The fraction of sp³-hybridized carbons (Fsp3) is 0.519. The lowest BCUT2D eigenvalue weighted by molar-refractivity contribution is -0.139. The number of aliphatic imine (C=N–C) groups is 1. The third-order valence-electron chi connectivity index (χ3n) is 7.99. The normalized spacial score (nSPS) is 25.8. The lowest BCUT2D eigenvalue weighted by atomic mass is 9.86. The molecule has 0 radical (unpaired) electrons. The van der Waals surface area contributed by atoms with Crippen LogP contribution in [0.1, 0.15) is 50.5 Å². The molecule has 3 aliphatic carbocycles. The molecule has 5 aliphatic rings. The maximum absolute atomic E-state index is 13.3. The van der Waals surface area contributed by atoms with Crippen LogP contribution in [0.2, 0.25) is 0 Å². The van der Waals surface area contributed by atoms with Gasteiger partial charge in [0.05, 0.1) is 4.90 Å². The summed E-state index contributed by atoms with van der Waals surface area (Å²) in [7, 11) is -3.26. The summed E-state index contributed by atoms with van der Waals surface area (Å²) in [6.45, 7) is 4.11. The molecule has 0 bridgehead atoms. The fourth-order valence-electron chi connectivity index (χ4n) is 5.53. The van der Waals surface area contributed by atoms with Crippen molar-refractivity contribution in [2.24, 2.45) is 16.8 Å². The van der Waals surface area contributed by atoms with Crippen LogP contribution < -0.4 is 0 Å². The molecule has 184 valence electrons. The van der Waals surface area contributed by atoms with Crippen LogP contribution >= 0.6 is 0 Å². The van der Waals surface area contributed by atoms with Gasteiger partial charge in [0, 0.05) is 49.2 Å². The number of hydrogen-bond donors (Lipinski definition) is 0. The van der Waals surface area contributed by atoms with E-state index in [0.29, 0.717) is 17.4 Å². The predicted molar refractivity (Wildman–Crippen MR) is 133 cm³/mol. The van der Waals surface area contributed by atoms with Gasteiger partial charge < -0.3 is 4.90 Å². The Balaban J connectivity index is 1.19. The minimum atomic E-state index is -3.26. The van der Waals surface area contributed by atoms with E-state index in [0.717, 1.165) is 67.7 Å². The van der Waals surface area contributed by atoms with Crippen molar-refractivity contribution >= 4 is 27.5 Å². The summed E-state index contributed by atoms with van der Waals surface area (Å²) in [6, 6.07) is 7.15. The summed E-state index contributed by atoms with van der Waals surface area (Å²) in [4.78, 5) is 34.7. The second-order valence-corrected chi connectivity index (χ2v) is 12.9. The van der Waals surface area contributed by atoms with Crippen molar-refractivity contribution in [2.75, 3.05) is 25.9 Å². The topological polar surface area (TPSA) is 87.1 Å². The Labute approximate surface area is 206 Å². The number of likely N-dealkylation sites (tertiary alicyclic amines) is 1. The molecule has 3 fully saturated rings. The second-order valence-electron chi connectivity index (χ2n) is 10.9. The molecule has 2 aliphatic heterocycles. The van der Waals surface area contributed by atoms with Crippen LogP contribution in [0.5, 0.6) is 0 Å². The Morgan fingerprint density at radius 1 is 1.20 bits per heavy atom. The predicted octanol–water partition coefficient (Wildman–Crippen LogP) is 3.09. The van der Waals surface area contributed by atoms with Gasteiger partial charge in [-0.3, -0.25) is 19.5 Å². The molecule has 0 N–H and O–H groups in total. The van der Waals surface area contributed by atoms with E-state index < -0.39 is 15.4 Å². The molecule has 1 spiro atoms. The first-order valence-electron chi connectivity index (χ1n) is 12.5. The first-order valence-corrected chi connectivity index (χ1v) is 14.4. The minimum absolute atomic E-state index is 0.0788. The van der Waals surface area contributed by atoms with Crippen molar-refractivity contribution in [3.63, 3.8) is 0 Å². The second kappa shape index (κ2) is 7.88. The first-order chi connectivity index (χ1) is 16.6. The summed E-state index contributed by atoms with van der Waals surface area (Å²) in [5, 5.41) is 0. The van der Waals surface area contributed by atoms with Gasteiger partial charge in [0.1, 0.15) is 11.4 Å². The van der Waals surface area contributed by atoms with E-state index in [1.807, 2.05) is 22.8 Å². The number of carbonyl (C=O) groups excluding carboxylic acids is 2. The van der Waals surface area contributed by atoms with Crippen LogP contribution in [0.4, 0.5) is 0 Å². The minimum Gasteiger partial charge on any atom is -0.342 e. The molecule has 1 saturated heterocycles. The van der Waals surface area contributed by atoms with E-state index in [9.17, 15) is 18.0 Å². The largest absolute Gasteiger partial charge is 0.342 e. The van der Waals surface area contributed by atoms with Gasteiger partial charge in [0.2, 0.25) is 5.91 Å². The summed E-state index contributed by atoms with van der Waals surface area (Å²) in [5.41, 5.74) is 2.46. The third-order valence-corrected chi connectivity index (χ3v) is 9.10. The molecule has 35 heavy (non-hydrogen) atoms. The van der Waals surface area contributed by atoms with Crippen molar-refractivity contribution in [3.05, 3.63) is 53.1 Å². The van der Waals surface area contributed by atoms with Gasteiger partial charge in [-0.1, -0.05) is 24.3 Å². The van der Waals surface area contributed by atoms with Gasteiger partial charge in [0.25, 0.3) is 5.91 Å². The monoisotopic (exact) mass is 493 g/mol. The van der Waals surface area contributed by atoms with Crippen molar-refractivity contribution in [1.29, 1.82) is 0 Å². The van der Waals surface area contributed by atoms with Gasteiger partial charge in [0.15, 0.2) is 9.84 Å². The highest BCUT2D eigenvalue weighted by atomic mass is 32.2. The highest BCUT2D eigenvalue weighted by Gasteiger charge is 2.58. The van der Waals surface area contributed by atoms with Gasteiger partial charge in [-0.15, -0.1) is 0 Å². The zero-order valence-corrected chi connectivity index (χ0v) is 21.1. The molecule has 1 aromatic rings. The molecule has 2 amide bonds. The molecule has 6 rings (SSSR count). The summed E-state index contributed by atoms with van der Waals surface area (Å²) in [5.74, 6) is 1.77. The number of amidine groups is 1. The van der Waals surface area contributed by atoms with Crippen LogP contribution in [-0.2, 0) is 19.4 Å². The van der Waals surface area contributed by atoms with E-state index in [4.69, 9.17) is 4.99 Å². The number of carbonyl (C=O) groups is 2. The maximum atomic E-state index is 13.3. The smallest absolute Gasteiger partial charge is 0.256 e. The number of rotatable bonds is 6. The fourth-order valence-corrected chi connectivity index (χ4v) is 6.21. The van der Waals surface area contributed by atoms with Crippen LogP contribution in [0.25, 0.3) is 0 Å². The molecule has 7 nitrogen and oxygen atoms in total. The van der Waals surface area contributed by atoms with Gasteiger partial charge in [-0.2, -0.15) is 0 Å². The van der Waals surface area contributed by atoms with Crippen LogP contribution in [0, 0.1) is 11.8 Å². The number of allylic oxidation sites excluding steroid dienone is 2. The lowest BCUT2D eigenvalue weighted by Crippen LogP contribution is -2.55. The molecule has 2 saturated carbocycles. The Hall–Kier alpha value is -2.74. The quantitative estimate of drug-likeness (QED) is 0.609. The van der Waals surface area contributed by atoms with Gasteiger partial charge in [-0.25, -0.2) is 8.42 Å². The van der Waals surface area contributed by atoms with E-state index in [-0.39, 0.29) is 23.7 Å². The van der Waals surface area contributed by atoms with Gasteiger partial charge in [-0.05, 0) is 62.3 Å². The van der Waals surface area contributed by atoms with Crippen LogP contribution in [0.3, 0.4) is 0 Å². The number of nitrogens with zero attached hydrogens (tertiary/aromatic N) is 3. The number of benzene rings is 1. The summed E-state index contributed by atoms with van der Waals surface area (Å²) in [6.07, 6.45) is 9.91. The van der Waals surface area contributed by atoms with Gasteiger partial charge >= 0.3 is 0 Å². The zero-order chi connectivity index (χ0) is 24.5. The Bertz CT molecular complexity index is 1310. The molecule has 1 atom stereocenters. The number of sulfone groups is 1. The Kier molecular flexibility index (Phi) is 5.11. The number of amides is 2. The molecule has 2 heterocycles. The van der Waals surface area contributed by atoms with E-state index in [2.05, 4.69) is 12.2 Å². The molecular weight excluding hydrogens is 462 g/mol. The maximum Gasteiger partial charge on any atom is 0.256 e. The number of hydrogen-bond acceptors (Lipinski definition) is 5. The summed E-state index contributed by atoms with van der Waals surface area (Å²) >= 11 is 0. The molecule has 1 aromatic carbocycles. The van der Waals surface area contributed by atoms with Crippen molar-refractivity contribution in [2.45, 2.75) is 55.4 Å². The highest BCUT2D eigenvalue weighted by molar-refractivity contribution is 7.90. The van der Waals surface area contributed by atoms with Crippen molar-refractivity contribution in [3.8, 4) is 0 Å². The third kappa shape index (κ3) is 4.05. The van der Waals surface area contributed by atoms with Crippen LogP contribution in [-0.4, -0.2) is 67.3 Å². The van der Waals surface area contributed by atoms with E-state index in [1.54, 1.807) is 18.2 Å². The average Bonchev–Trinajstić information content (AvgIpc) is 3.71. The Morgan fingerprint density at radius 3 is 2.57 bits per heavy atom. The first kappa shape index (κ1) is 22.7.